The highest BCUT2D eigenvalue weighted by Gasteiger charge is 2.70. The van der Waals surface area contributed by atoms with Gasteiger partial charge >= 0.3 is 0 Å². The summed E-state index contributed by atoms with van der Waals surface area (Å²) in [6, 6.07) is 5.12. The number of nitrogens with zero attached hydrogens (tertiary/aromatic N) is 1. The van der Waals surface area contributed by atoms with Gasteiger partial charge in [-0.25, -0.2) is 4.90 Å². The Morgan fingerprint density at radius 1 is 1.00 bits per heavy atom. The molecule has 2 bridgehead atoms. The molecule has 6 nitrogen and oxygen atoms in total. The zero-order valence-electron chi connectivity index (χ0n) is 12.7. The molecule has 2 saturated heterocycles. The summed E-state index contributed by atoms with van der Waals surface area (Å²) in [4.78, 5) is 27.2. The molecular formula is C17H15NO5. The fraction of sp³-hybridized carbons (Fsp3) is 0.412. The van der Waals surface area contributed by atoms with Crippen LogP contribution in [0.2, 0.25) is 0 Å². The summed E-state index contributed by atoms with van der Waals surface area (Å²) in [6.45, 7) is 3.89. The van der Waals surface area contributed by atoms with E-state index in [0.29, 0.717) is 17.2 Å². The van der Waals surface area contributed by atoms with Gasteiger partial charge in [-0.1, -0.05) is 12.2 Å². The summed E-state index contributed by atoms with van der Waals surface area (Å²) in [6.07, 6.45) is 3.81. The molecule has 0 saturated carbocycles. The van der Waals surface area contributed by atoms with Gasteiger partial charge in [-0.05, 0) is 26.0 Å². The third kappa shape index (κ3) is 1.42. The van der Waals surface area contributed by atoms with E-state index < -0.39 is 23.0 Å². The molecule has 118 valence electrons. The van der Waals surface area contributed by atoms with Gasteiger partial charge in [-0.2, -0.15) is 0 Å². The second-order valence-corrected chi connectivity index (χ2v) is 6.81. The summed E-state index contributed by atoms with van der Waals surface area (Å²) in [5, 5.41) is 0. The molecule has 2 amide bonds. The number of hydrogen-bond donors (Lipinski definition) is 0. The van der Waals surface area contributed by atoms with Crippen LogP contribution in [0, 0.1) is 11.8 Å². The molecule has 0 radical (unpaired) electrons. The van der Waals surface area contributed by atoms with Gasteiger partial charge in [-0.15, -0.1) is 0 Å². The third-order valence-electron chi connectivity index (χ3n) is 5.34. The van der Waals surface area contributed by atoms with Crippen molar-refractivity contribution in [3.63, 3.8) is 0 Å². The maximum Gasteiger partial charge on any atom is 0.241 e. The average molecular weight is 313 g/mol. The predicted molar refractivity (Wildman–Crippen MR) is 79.1 cm³/mol. The first-order valence-corrected chi connectivity index (χ1v) is 7.61. The van der Waals surface area contributed by atoms with Crippen LogP contribution in [0.25, 0.3) is 0 Å². The molecule has 0 spiro atoms. The monoisotopic (exact) mass is 313 g/mol. The zero-order chi connectivity index (χ0) is 16.0. The Labute approximate surface area is 132 Å². The van der Waals surface area contributed by atoms with Crippen LogP contribution in [0.4, 0.5) is 5.69 Å². The van der Waals surface area contributed by atoms with Gasteiger partial charge < -0.3 is 14.2 Å². The molecule has 4 heterocycles. The van der Waals surface area contributed by atoms with Crippen molar-refractivity contribution in [1.82, 2.24) is 0 Å². The van der Waals surface area contributed by atoms with E-state index in [0.717, 1.165) is 0 Å². The first-order valence-electron chi connectivity index (χ1n) is 7.61. The Morgan fingerprint density at radius 3 is 2.26 bits per heavy atom. The minimum atomic E-state index is -0.711. The van der Waals surface area contributed by atoms with Crippen molar-refractivity contribution in [1.29, 1.82) is 0 Å². The highest BCUT2D eigenvalue weighted by molar-refractivity contribution is 6.23. The highest BCUT2D eigenvalue weighted by Crippen LogP contribution is 2.57. The molecule has 1 aromatic carbocycles. The number of benzene rings is 1. The van der Waals surface area contributed by atoms with Crippen molar-refractivity contribution >= 4 is 17.5 Å². The van der Waals surface area contributed by atoms with Gasteiger partial charge in [-0.3, -0.25) is 9.59 Å². The Hall–Kier alpha value is -2.34. The zero-order valence-corrected chi connectivity index (χ0v) is 12.7. The number of fused-ring (bicyclic) bond motifs is 6. The fourth-order valence-corrected chi connectivity index (χ4v) is 4.31. The number of carbonyl (C=O) groups is 2. The highest BCUT2D eigenvalue weighted by atomic mass is 16.7. The maximum absolute atomic E-state index is 13.0. The lowest BCUT2D eigenvalue weighted by Gasteiger charge is -2.25. The number of carbonyl (C=O) groups excluding carboxylic acids is 2. The van der Waals surface area contributed by atoms with E-state index in [1.54, 1.807) is 18.2 Å². The van der Waals surface area contributed by atoms with Crippen LogP contribution in [-0.4, -0.2) is 29.8 Å². The van der Waals surface area contributed by atoms with Crippen molar-refractivity contribution in [2.45, 2.75) is 25.0 Å². The largest absolute Gasteiger partial charge is 0.454 e. The third-order valence-corrected chi connectivity index (χ3v) is 5.34. The lowest BCUT2D eigenvalue weighted by atomic mass is 9.73. The van der Waals surface area contributed by atoms with E-state index in [4.69, 9.17) is 14.2 Å². The predicted octanol–water partition coefficient (Wildman–Crippen LogP) is 1.64. The van der Waals surface area contributed by atoms with Crippen LogP contribution in [0.5, 0.6) is 11.5 Å². The van der Waals surface area contributed by atoms with Gasteiger partial charge in [0.05, 0.1) is 28.7 Å². The first-order chi connectivity index (χ1) is 10.9. The van der Waals surface area contributed by atoms with E-state index in [9.17, 15) is 9.59 Å². The summed E-state index contributed by atoms with van der Waals surface area (Å²) < 4.78 is 16.6. The van der Waals surface area contributed by atoms with Crippen LogP contribution in [0.1, 0.15) is 13.8 Å². The van der Waals surface area contributed by atoms with E-state index in [2.05, 4.69) is 0 Å². The lowest BCUT2D eigenvalue weighted by molar-refractivity contribution is -0.128. The molecule has 5 rings (SSSR count). The number of rotatable bonds is 1. The minimum absolute atomic E-state index is 0.153. The van der Waals surface area contributed by atoms with Crippen molar-refractivity contribution in [2.75, 3.05) is 11.7 Å². The van der Waals surface area contributed by atoms with Crippen molar-refractivity contribution in [2.24, 2.45) is 11.8 Å². The molecular weight excluding hydrogens is 298 g/mol. The summed E-state index contributed by atoms with van der Waals surface area (Å²) in [5.41, 5.74) is -0.903. The van der Waals surface area contributed by atoms with E-state index in [-0.39, 0.29) is 18.6 Å². The molecule has 4 aliphatic rings. The molecule has 4 aliphatic heterocycles. The molecule has 6 heteroatoms. The second kappa shape index (κ2) is 3.76. The first kappa shape index (κ1) is 13.1. The minimum Gasteiger partial charge on any atom is -0.454 e. The Morgan fingerprint density at radius 2 is 1.61 bits per heavy atom. The molecule has 0 N–H and O–H groups in total. The summed E-state index contributed by atoms with van der Waals surface area (Å²) >= 11 is 0. The standard InChI is InChI=1S/C17H15NO5/c1-16-5-6-17(2,23-16)13-12(16)14(19)18(15(13)20)9-3-4-10-11(7-9)22-8-21-10/h3-7,12-13H,8H2,1-2H3/t12-,13+,16-,17-/m1/s1. The summed E-state index contributed by atoms with van der Waals surface area (Å²) in [7, 11) is 0. The Bertz CT molecular complexity index is 766. The van der Waals surface area contributed by atoms with Crippen LogP contribution >= 0.6 is 0 Å². The maximum atomic E-state index is 13.0. The normalized spacial score (nSPS) is 39.5. The van der Waals surface area contributed by atoms with E-state index >= 15 is 0 Å². The van der Waals surface area contributed by atoms with Crippen LogP contribution in [0.15, 0.2) is 30.4 Å². The fourth-order valence-electron chi connectivity index (χ4n) is 4.31. The average Bonchev–Trinajstić information content (AvgIpc) is 3.19. The molecule has 0 aliphatic carbocycles. The smallest absolute Gasteiger partial charge is 0.241 e. The van der Waals surface area contributed by atoms with E-state index in [1.807, 2.05) is 26.0 Å². The molecule has 2 fully saturated rings. The number of anilines is 1. The number of ether oxygens (including phenoxy) is 3. The van der Waals surface area contributed by atoms with Crippen LogP contribution in [0.3, 0.4) is 0 Å². The van der Waals surface area contributed by atoms with Crippen LogP contribution in [-0.2, 0) is 14.3 Å². The van der Waals surface area contributed by atoms with Gasteiger partial charge in [0.25, 0.3) is 0 Å². The molecule has 0 unspecified atom stereocenters. The molecule has 23 heavy (non-hydrogen) atoms. The van der Waals surface area contributed by atoms with Crippen LogP contribution < -0.4 is 14.4 Å². The lowest BCUT2D eigenvalue weighted by Crippen LogP contribution is -2.39. The van der Waals surface area contributed by atoms with Gasteiger partial charge in [0.15, 0.2) is 11.5 Å². The number of amides is 2. The van der Waals surface area contributed by atoms with Gasteiger partial charge in [0.1, 0.15) is 0 Å². The second-order valence-electron chi connectivity index (χ2n) is 6.81. The Kier molecular flexibility index (Phi) is 2.15. The quantitative estimate of drug-likeness (QED) is 0.582. The van der Waals surface area contributed by atoms with Gasteiger partial charge in [0, 0.05) is 6.07 Å². The topological polar surface area (TPSA) is 65.1 Å². The molecule has 1 aromatic rings. The summed E-state index contributed by atoms with van der Waals surface area (Å²) in [5.74, 6) is -0.207. The SMILES string of the molecule is C[C@]12C=C[C@@](C)(O1)[C@H]1C(=O)N(c3ccc4c(c3)OCO4)C(=O)[C@H]12. The van der Waals surface area contributed by atoms with Crippen molar-refractivity contribution in [3.05, 3.63) is 30.4 Å². The van der Waals surface area contributed by atoms with E-state index in [1.165, 1.54) is 4.90 Å². The number of hydrogen-bond acceptors (Lipinski definition) is 5. The van der Waals surface area contributed by atoms with Crippen molar-refractivity contribution < 1.29 is 23.8 Å². The molecule has 4 atom stereocenters. The van der Waals surface area contributed by atoms with Crippen molar-refractivity contribution in [3.8, 4) is 11.5 Å². The molecule has 0 aromatic heterocycles. The van der Waals surface area contributed by atoms with Gasteiger partial charge in [0.2, 0.25) is 18.6 Å². The number of imide groups is 1. The Balaban J connectivity index is 1.60.